The van der Waals surface area contributed by atoms with E-state index >= 15 is 0 Å². The van der Waals surface area contributed by atoms with Crippen molar-refractivity contribution in [1.29, 1.82) is 0 Å². The normalized spacial score (nSPS) is 11.1. The molecule has 3 heteroatoms. The zero-order valence-corrected chi connectivity index (χ0v) is 9.39. The number of aromatic nitrogens is 2. The van der Waals surface area contributed by atoms with Crippen LogP contribution in [0.3, 0.4) is 0 Å². The molecule has 0 N–H and O–H groups in total. The smallest absolute Gasteiger partial charge is 0.0970 e. The summed E-state index contributed by atoms with van der Waals surface area (Å²) in [5.41, 5.74) is 3.36. The van der Waals surface area contributed by atoms with Crippen LogP contribution in [0.5, 0.6) is 0 Å². The number of halogens is 1. The molecule has 2 rings (SSSR count). The van der Waals surface area contributed by atoms with Gasteiger partial charge < -0.3 is 0 Å². The number of aryl methyl sites for hydroxylation is 3. The third-order valence-electron chi connectivity index (χ3n) is 2.65. The van der Waals surface area contributed by atoms with Gasteiger partial charge in [-0.15, -0.1) is 0 Å². The number of nitrogens with zero attached hydrogens (tertiary/aromatic N) is 2. The molecule has 0 atom stereocenters. The minimum atomic E-state index is 0.790. The molecule has 0 spiro atoms. The van der Waals surface area contributed by atoms with Crippen molar-refractivity contribution in [3.8, 4) is 0 Å². The quantitative estimate of drug-likeness (QED) is 0.704. The van der Waals surface area contributed by atoms with Gasteiger partial charge in [0, 0.05) is 23.2 Å². The lowest BCUT2D eigenvalue weighted by Gasteiger charge is -1.98. The molecule has 0 aliphatic rings. The van der Waals surface area contributed by atoms with Crippen LogP contribution in [0.1, 0.15) is 18.2 Å². The Kier molecular flexibility index (Phi) is 2.23. The molecule has 0 aliphatic carbocycles. The Bertz CT molecular complexity index is 485. The van der Waals surface area contributed by atoms with Crippen LogP contribution in [0.25, 0.3) is 10.9 Å². The average Bonchev–Trinajstić information content (AvgIpc) is 2.49. The van der Waals surface area contributed by atoms with E-state index in [-0.39, 0.29) is 0 Å². The first-order valence-electron chi connectivity index (χ1n) is 4.75. The summed E-state index contributed by atoms with van der Waals surface area (Å²) in [5, 5.41) is 6.49. The SMILES string of the molecule is CCc1c2ccc(Cl)c(C)c2nn1C. The molecule has 0 saturated heterocycles. The Morgan fingerprint density at radius 2 is 2.14 bits per heavy atom. The molecule has 0 fully saturated rings. The molecule has 74 valence electrons. The summed E-state index contributed by atoms with van der Waals surface area (Å²) in [6, 6.07) is 4.00. The highest BCUT2D eigenvalue weighted by Gasteiger charge is 2.10. The summed E-state index contributed by atoms with van der Waals surface area (Å²) in [7, 11) is 1.98. The molecule has 0 aliphatic heterocycles. The molecule has 1 aromatic carbocycles. The van der Waals surface area contributed by atoms with Crippen molar-refractivity contribution < 1.29 is 0 Å². The van der Waals surface area contributed by atoms with Gasteiger partial charge in [-0.1, -0.05) is 18.5 Å². The van der Waals surface area contributed by atoms with Crippen LogP contribution >= 0.6 is 11.6 Å². The molecular formula is C11H13ClN2. The van der Waals surface area contributed by atoms with E-state index in [1.54, 1.807) is 0 Å². The van der Waals surface area contributed by atoms with Crippen LogP contribution in [-0.2, 0) is 13.5 Å². The maximum atomic E-state index is 6.04. The zero-order valence-electron chi connectivity index (χ0n) is 8.63. The fraction of sp³-hybridized carbons (Fsp3) is 0.364. The first-order chi connectivity index (χ1) is 6.65. The van der Waals surface area contributed by atoms with E-state index in [4.69, 9.17) is 11.6 Å². The van der Waals surface area contributed by atoms with Crippen molar-refractivity contribution in [3.05, 3.63) is 28.4 Å². The third kappa shape index (κ3) is 1.22. The molecule has 14 heavy (non-hydrogen) atoms. The summed E-state index contributed by atoms with van der Waals surface area (Å²) in [6.07, 6.45) is 0.994. The standard InChI is InChI=1S/C11H13ClN2/c1-4-10-8-5-6-9(12)7(2)11(8)13-14(10)3/h5-6H,4H2,1-3H3. The van der Waals surface area contributed by atoms with E-state index < -0.39 is 0 Å². The van der Waals surface area contributed by atoms with Gasteiger partial charge in [0.15, 0.2) is 0 Å². The monoisotopic (exact) mass is 208 g/mol. The van der Waals surface area contributed by atoms with Gasteiger partial charge in [-0.05, 0) is 31.0 Å². The van der Waals surface area contributed by atoms with Gasteiger partial charge in [0.25, 0.3) is 0 Å². The predicted octanol–water partition coefficient (Wildman–Crippen LogP) is 3.10. The van der Waals surface area contributed by atoms with Crippen molar-refractivity contribution in [3.63, 3.8) is 0 Å². The first kappa shape index (κ1) is 9.53. The van der Waals surface area contributed by atoms with Gasteiger partial charge in [0.1, 0.15) is 0 Å². The highest BCUT2D eigenvalue weighted by molar-refractivity contribution is 6.32. The van der Waals surface area contributed by atoms with Crippen LogP contribution in [0.2, 0.25) is 5.02 Å². The van der Waals surface area contributed by atoms with Gasteiger partial charge in [0.2, 0.25) is 0 Å². The fourth-order valence-corrected chi connectivity index (χ4v) is 1.99. The minimum absolute atomic E-state index is 0.790. The maximum absolute atomic E-state index is 6.04. The molecule has 0 saturated carbocycles. The summed E-state index contributed by atoms with van der Waals surface area (Å²) in [4.78, 5) is 0. The number of fused-ring (bicyclic) bond motifs is 1. The molecule has 0 bridgehead atoms. The Balaban J connectivity index is 2.87. The Labute approximate surface area is 88.5 Å². The summed E-state index contributed by atoms with van der Waals surface area (Å²) in [5.74, 6) is 0. The average molecular weight is 209 g/mol. The van der Waals surface area contributed by atoms with Crippen molar-refractivity contribution >= 4 is 22.5 Å². The molecule has 2 aromatic rings. The van der Waals surface area contributed by atoms with E-state index in [1.165, 1.54) is 11.1 Å². The van der Waals surface area contributed by atoms with Gasteiger partial charge in [0.05, 0.1) is 5.52 Å². The summed E-state index contributed by atoms with van der Waals surface area (Å²) in [6.45, 7) is 4.15. The van der Waals surface area contributed by atoms with Crippen LogP contribution in [0.15, 0.2) is 12.1 Å². The lowest BCUT2D eigenvalue weighted by Crippen LogP contribution is -1.95. The topological polar surface area (TPSA) is 17.8 Å². The molecule has 0 amide bonds. The van der Waals surface area contributed by atoms with Crippen molar-refractivity contribution in [1.82, 2.24) is 9.78 Å². The largest absolute Gasteiger partial charge is 0.271 e. The molecule has 0 radical (unpaired) electrons. The number of hydrogen-bond donors (Lipinski definition) is 0. The van der Waals surface area contributed by atoms with E-state index in [0.29, 0.717) is 0 Å². The second-order valence-corrected chi connectivity index (χ2v) is 3.90. The third-order valence-corrected chi connectivity index (χ3v) is 3.06. The maximum Gasteiger partial charge on any atom is 0.0970 e. The van der Waals surface area contributed by atoms with E-state index in [2.05, 4.69) is 18.1 Å². The summed E-state index contributed by atoms with van der Waals surface area (Å²) < 4.78 is 1.94. The Morgan fingerprint density at radius 1 is 1.43 bits per heavy atom. The lowest BCUT2D eigenvalue weighted by molar-refractivity contribution is 0.727. The second kappa shape index (κ2) is 3.28. The molecular weight excluding hydrogens is 196 g/mol. The molecule has 0 unspecified atom stereocenters. The van der Waals surface area contributed by atoms with Crippen LogP contribution in [0, 0.1) is 6.92 Å². The van der Waals surface area contributed by atoms with Crippen LogP contribution in [0.4, 0.5) is 0 Å². The van der Waals surface area contributed by atoms with Crippen molar-refractivity contribution in [2.45, 2.75) is 20.3 Å². The number of rotatable bonds is 1. The Hall–Kier alpha value is -1.02. The van der Waals surface area contributed by atoms with Crippen molar-refractivity contribution in [2.24, 2.45) is 7.05 Å². The van der Waals surface area contributed by atoms with Gasteiger partial charge in [-0.2, -0.15) is 5.10 Å². The molecule has 2 nitrogen and oxygen atoms in total. The summed E-state index contributed by atoms with van der Waals surface area (Å²) >= 11 is 6.04. The first-order valence-corrected chi connectivity index (χ1v) is 5.13. The van der Waals surface area contributed by atoms with Crippen LogP contribution in [-0.4, -0.2) is 9.78 Å². The van der Waals surface area contributed by atoms with E-state index in [1.807, 2.05) is 24.7 Å². The highest BCUT2D eigenvalue weighted by Crippen LogP contribution is 2.26. The van der Waals surface area contributed by atoms with E-state index in [0.717, 1.165) is 22.5 Å². The Morgan fingerprint density at radius 3 is 2.79 bits per heavy atom. The van der Waals surface area contributed by atoms with E-state index in [9.17, 15) is 0 Å². The van der Waals surface area contributed by atoms with Gasteiger partial charge in [-0.3, -0.25) is 4.68 Å². The minimum Gasteiger partial charge on any atom is -0.271 e. The zero-order chi connectivity index (χ0) is 10.3. The van der Waals surface area contributed by atoms with Gasteiger partial charge in [-0.25, -0.2) is 0 Å². The number of hydrogen-bond acceptors (Lipinski definition) is 1. The number of benzene rings is 1. The predicted molar refractivity (Wildman–Crippen MR) is 59.8 cm³/mol. The van der Waals surface area contributed by atoms with Gasteiger partial charge >= 0.3 is 0 Å². The molecule has 1 aromatic heterocycles. The van der Waals surface area contributed by atoms with Crippen LogP contribution < -0.4 is 0 Å². The highest BCUT2D eigenvalue weighted by atomic mass is 35.5. The second-order valence-electron chi connectivity index (χ2n) is 3.49. The molecule has 1 heterocycles. The fourth-order valence-electron chi connectivity index (χ4n) is 1.84. The lowest BCUT2D eigenvalue weighted by atomic mass is 10.1. The van der Waals surface area contributed by atoms with Crippen molar-refractivity contribution in [2.75, 3.05) is 0 Å².